The molecular weight excluding hydrogens is 339 g/mol. The van der Waals surface area contributed by atoms with Gasteiger partial charge in [-0.2, -0.15) is 4.98 Å². The maximum Gasteiger partial charge on any atom is 0.316 e. The number of hydrogen-bond acceptors (Lipinski definition) is 5. The molecule has 0 aliphatic carbocycles. The van der Waals surface area contributed by atoms with Crippen LogP contribution in [0.15, 0.2) is 59.1 Å². The van der Waals surface area contributed by atoms with Gasteiger partial charge in [-0.1, -0.05) is 23.4 Å². The minimum atomic E-state index is -0.556. The number of halogens is 1. The monoisotopic (exact) mass is 354 g/mol. The van der Waals surface area contributed by atoms with Gasteiger partial charge in [-0.05, 0) is 36.4 Å². The molecule has 0 saturated carbocycles. The van der Waals surface area contributed by atoms with Gasteiger partial charge in [0.15, 0.2) is 0 Å². The zero-order chi connectivity index (χ0) is 18.4. The lowest BCUT2D eigenvalue weighted by molar-refractivity contribution is 0.0898. The van der Waals surface area contributed by atoms with E-state index in [1.54, 1.807) is 24.3 Å². The second kappa shape index (κ2) is 8.02. The van der Waals surface area contributed by atoms with Crippen molar-refractivity contribution in [3.05, 3.63) is 71.9 Å². The molecule has 26 heavy (non-hydrogen) atoms. The number of rotatable bonds is 6. The Balaban J connectivity index is 1.48. The average Bonchev–Trinajstić information content (AvgIpc) is 3.16. The molecule has 0 aliphatic heterocycles. The van der Waals surface area contributed by atoms with E-state index < -0.39 is 5.91 Å². The van der Waals surface area contributed by atoms with Crippen molar-refractivity contribution >= 4 is 11.8 Å². The summed E-state index contributed by atoms with van der Waals surface area (Å²) in [4.78, 5) is 27.8. The minimum Gasteiger partial charge on any atom is -0.350 e. The molecule has 7 nitrogen and oxygen atoms in total. The van der Waals surface area contributed by atoms with Crippen LogP contribution in [0.3, 0.4) is 0 Å². The number of carbonyl (C=O) groups is 2. The Kier molecular flexibility index (Phi) is 5.33. The van der Waals surface area contributed by atoms with E-state index in [-0.39, 0.29) is 36.5 Å². The summed E-state index contributed by atoms with van der Waals surface area (Å²) < 4.78 is 17.8. The number of benzene rings is 2. The topological polar surface area (TPSA) is 97.1 Å². The molecule has 3 rings (SSSR count). The third-order valence-electron chi connectivity index (χ3n) is 3.45. The van der Waals surface area contributed by atoms with Crippen LogP contribution in [-0.2, 0) is 0 Å². The maximum absolute atomic E-state index is 12.9. The summed E-state index contributed by atoms with van der Waals surface area (Å²) in [6.45, 7) is 0.449. The maximum atomic E-state index is 12.9. The third kappa shape index (κ3) is 4.29. The first-order chi connectivity index (χ1) is 12.6. The Hall–Kier alpha value is -3.55. The van der Waals surface area contributed by atoms with Gasteiger partial charge < -0.3 is 15.2 Å². The number of aromatic nitrogens is 2. The highest BCUT2D eigenvalue weighted by molar-refractivity contribution is 5.94. The van der Waals surface area contributed by atoms with E-state index in [2.05, 4.69) is 20.8 Å². The average molecular weight is 354 g/mol. The molecule has 132 valence electrons. The third-order valence-corrected chi connectivity index (χ3v) is 3.45. The van der Waals surface area contributed by atoms with Crippen LogP contribution in [0.25, 0.3) is 11.4 Å². The van der Waals surface area contributed by atoms with Gasteiger partial charge in [0.25, 0.3) is 5.91 Å². The van der Waals surface area contributed by atoms with Crippen LogP contribution in [0.4, 0.5) is 4.39 Å². The quantitative estimate of drug-likeness (QED) is 0.660. The van der Waals surface area contributed by atoms with Crippen LogP contribution in [-0.4, -0.2) is 35.0 Å². The van der Waals surface area contributed by atoms with Crippen LogP contribution in [0, 0.1) is 5.82 Å². The zero-order valence-corrected chi connectivity index (χ0v) is 13.6. The Morgan fingerprint density at radius 1 is 0.923 bits per heavy atom. The van der Waals surface area contributed by atoms with E-state index >= 15 is 0 Å². The van der Waals surface area contributed by atoms with Gasteiger partial charge in [-0.15, -0.1) is 0 Å². The molecule has 2 aromatic carbocycles. The van der Waals surface area contributed by atoms with Crippen molar-refractivity contribution < 1.29 is 18.5 Å². The van der Waals surface area contributed by atoms with E-state index in [1.807, 2.05) is 6.07 Å². The minimum absolute atomic E-state index is 0.188. The number of hydrogen-bond donors (Lipinski definition) is 2. The molecule has 0 radical (unpaired) electrons. The summed E-state index contributed by atoms with van der Waals surface area (Å²) in [5.74, 6) is -1.19. The van der Waals surface area contributed by atoms with Gasteiger partial charge in [-0.25, -0.2) is 4.39 Å². The number of nitrogens with zero attached hydrogens (tertiary/aromatic N) is 2. The van der Waals surface area contributed by atoms with Crippen molar-refractivity contribution in [3.8, 4) is 11.4 Å². The second-order valence-electron chi connectivity index (χ2n) is 5.31. The Bertz CT molecular complexity index is 894. The number of amides is 2. The molecule has 0 spiro atoms. The highest BCUT2D eigenvalue weighted by Gasteiger charge is 2.15. The summed E-state index contributed by atoms with van der Waals surface area (Å²) >= 11 is 0. The van der Waals surface area contributed by atoms with E-state index in [0.29, 0.717) is 11.1 Å². The van der Waals surface area contributed by atoms with Gasteiger partial charge in [0.05, 0.1) is 0 Å². The standard InChI is InChI=1S/C18H15FN4O3/c19-14-8-6-12(7-9-14)15-22-18(26-23-15)17(25)21-11-10-20-16(24)13-4-2-1-3-5-13/h1-9H,10-11H2,(H,20,24)(H,21,25). The van der Waals surface area contributed by atoms with E-state index in [1.165, 1.54) is 24.3 Å². The molecule has 2 amide bonds. The predicted molar refractivity (Wildman–Crippen MR) is 90.8 cm³/mol. The molecule has 1 aromatic heterocycles. The molecule has 2 N–H and O–H groups in total. The van der Waals surface area contributed by atoms with Crippen LogP contribution in [0.2, 0.25) is 0 Å². The van der Waals surface area contributed by atoms with Crippen molar-refractivity contribution in [2.75, 3.05) is 13.1 Å². The van der Waals surface area contributed by atoms with Crippen LogP contribution < -0.4 is 10.6 Å². The van der Waals surface area contributed by atoms with Crippen molar-refractivity contribution in [1.29, 1.82) is 0 Å². The smallest absolute Gasteiger partial charge is 0.316 e. The predicted octanol–water partition coefficient (Wildman–Crippen LogP) is 2.04. The summed E-state index contributed by atoms with van der Waals surface area (Å²) in [5.41, 5.74) is 1.07. The fraction of sp³-hybridized carbons (Fsp3) is 0.111. The summed E-state index contributed by atoms with van der Waals surface area (Å²) in [6, 6.07) is 14.3. The molecule has 0 aliphatic rings. The van der Waals surface area contributed by atoms with Gasteiger partial charge in [-0.3, -0.25) is 9.59 Å². The molecule has 0 saturated heterocycles. The lowest BCUT2D eigenvalue weighted by Gasteiger charge is -2.05. The van der Waals surface area contributed by atoms with Crippen molar-refractivity contribution in [3.63, 3.8) is 0 Å². The highest BCUT2D eigenvalue weighted by atomic mass is 19.1. The van der Waals surface area contributed by atoms with Crippen molar-refractivity contribution in [2.24, 2.45) is 0 Å². The van der Waals surface area contributed by atoms with E-state index in [9.17, 15) is 14.0 Å². The van der Waals surface area contributed by atoms with Crippen LogP contribution in [0.5, 0.6) is 0 Å². The fourth-order valence-corrected chi connectivity index (χ4v) is 2.15. The Morgan fingerprint density at radius 2 is 1.58 bits per heavy atom. The molecule has 0 bridgehead atoms. The number of nitrogens with one attached hydrogen (secondary N) is 2. The van der Waals surface area contributed by atoms with Crippen molar-refractivity contribution in [2.45, 2.75) is 0 Å². The molecule has 0 atom stereocenters. The lowest BCUT2D eigenvalue weighted by atomic mass is 10.2. The largest absolute Gasteiger partial charge is 0.350 e. The van der Waals surface area contributed by atoms with Gasteiger partial charge in [0.2, 0.25) is 5.82 Å². The zero-order valence-electron chi connectivity index (χ0n) is 13.6. The highest BCUT2D eigenvalue weighted by Crippen LogP contribution is 2.15. The van der Waals surface area contributed by atoms with Gasteiger partial charge >= 0.3 is 11.8 Å². The van der Waals surface area contributed by atoms with Crippen molar-refractivity contribution in [1.82, 2.24) is 20.8 Å². The Labute approximate surface area is 148 Å². The van der Waals surface area contributed by atoms with Crippen LogP contribution >= 0.6 is 0 Å². The molecular formula is C18H15FN4O3. The summed E-state index contributed by atoms with van der Waals surface area (Å²) in [7, 11) is 0. The number of carbonyl (C=O) groups excluding carboxylic acids is 2. The molecule has 1 heterocycles. The van der Waals surface area contributed by atoms with Gasteiger partial charge in [0, 0.05) is 24.2 Å². The molecule has 0 fully saturated rings. The molecule has 3 aromatic rings. The Morgan fingerprint density at radius 3 is 2.27 bits per heavy atom. The SMILES string of the molecule is O=C(NCCNC(=O)c1nc(-c2ccc(F)cc2)no1)c1ccccc1. The molecule has 8 heteroatoms. The summed E-state index contributed by atoms with van der Waals surface area (Å²) in [5, 5.41) is 8.95. The first kappa shape index (κ1) is 17.3. The molecule has 0 unspecified atom stereocenters. The first-order valence-electron chi connectivity index (χ1n) is 7.84. The van der Waals surface area contributed by atoms with Gasteiger partial charge in [0.1, 0.15) is 5.82 Å². The fourth-order valence-electron chi connectivity index (χ4n) is 2.15. The van der Waals surface area contributed by atoms with Crippen LogP contribution in [0.1, 0.15) is 21.0 Å². The van der Waals surface area contributed by atoms with E-state index in [0.717, 1.165) is 0 Å². The lowest BCUT2D eigenvalue weighted by Crippen LogP contribution is -2.34. The van der Waals surface area contributed by atoms with E-state index in [4.69, 9.17) is 4.52 Å². The second-order valence-corrected chi connectivity index (χ2v) is 5.31. The normalized spacial score (nSPS) is 10.3. The first-order valence-corrected chi connectivity index (χ1v) is 7.84. The summed E-state index contributed by atoms with van der Waals surface area (Å²) in [6.07, 6.45) is 0.